The molecule has 3 unspecified atom stereocenters. The molecule has 1 amide bonds. The molecular weight excluding hydrogens is 276 g/mol. The highest BCUT2D eigenvalue weighted by Crippen LogP contribution is 2.38. The predicted molar refractivity (Wildman–Crippen MR) is 89.8 cm³/mol. The Morgan fingerprint density at radius 1 is 1.18 bits per heavy atom. The minimum Gasteiger partial charge on any atom is -0.379 e. The zero-order valence-electron chi connectivity index (χ0n) is 14.8. The molecule has 1 saturated heterocycles. The molecule has 22 heavy (non-hydrogen) atoms. The van der Waals surface area contributed by atoms with E-state index in [-0.39, 0.29) is 11.8 Å². The lowest BCUT2D eigenvalue weighted by Gasteiger charge is -2.32. The maximum Gasteiger partial charge on any atom is 0.222 e. The first-order chi connectivity index (χ1) is 10.5. The molecule has 0 aromatic heterocycles. The van der Waals surface area contributed by atoms with Gasteiger partial charge in [-0.3, -0.25) is 9.69 Å². The quantitative estimate of drug-likeness (QED) is 0.666. The Kier molecular flexibility index (Phi) is 6.69. The molecule has 1 aliphatic heterocycles. The standard InChI is InChI=1S/C18H34N2O2/c1-13(2)18(21)19-17-11-16-10-15(17)12-20(16)8-6-5-7-9-22-14(3)4/h13-17H,5-12H2,1-4H3,(H,19,21). The van der Waals surface area contributed by atoms with Gasteiger partial charge in [-0.25, -0.2) is 0 Å². The van der Waals surface area contributed by atoms with Gasteiger partial charge in [0.1, 0.15) is 0 Å². The van der Waals surface area contributed by atoms with E-state index in [2.05, 4.69) is 24.1 Å². The van der Waals surface area contributed by atoms with Crippen LogP contribution in [0, 0.1) is 11.8 Å². The third-order valence-corrected chi connectivity index (χ3v) is 5.05. The van der Waals surface area contributed by atoms with E-state index in [9.17, 15) is 4.79 Å². The topological polar surface area (TPSA) is 41.6 Å². The van der Waals surface area contributed by atoms with Crippen LogP contribution in [0.3, 0.4) is 0 Å². The summed E-state index contributed by atoms with van der Waals surface area (Å²) in [5.41, 5.74) is 0. The number of ether oxygens (including phenoxy) is 1. The van der Waals surface area contributed by atoms with E-state index in [1.54, 1.807) is 0 Å². The second kappa shape index (κ2) is 8.30. The highest BCUT2D eigenvalue weighted by Gasteiger charge is 2.44. The molecule has 1 saturated carbocycles. The van der Waals surface area contributed by atoms with E-state index < -0.39 is 0 Å². The zero-order valence-corrected chi connectivity index (χ0v) is 14.8. The van der Waals surface area contributed by atoms with Gasteiger partial charge in [0.2, 0.25) is 5.91 Å². The van der Waals surface area contributed by atoms with Crippen molar-refractivity contribution in [2.75, 3.05) is 19.7 Å². The van der Waals surface area contributed by atoms with Crippen molar-refractivity contribution in [3.8, 4) is 0 Å². The van der Waals surface area contributed by atoms with Gasteiger partial charge in [-0.05, 0) is 58.4 Å². The highest BCUT2D eigenvalue weighted by molar-refractivity contribution is 5.78. The molecule has 2 aliphatic rings. The number of rotatable bonds is 9. The third-order valence-electron chi connectivity index (χ3n) is 5.05. The maximum absolute atomic E-state index is 11.8. The average molecular weight is 310 g/mol. The van der Waals surface area contributed by atoms with Gasteiger partial charge < -0.3 is 10.1 Å². The molecule has 0 spiro atoms. The molecule has 0 aromatic rings. The lowest BCUT2D eigenvalue weighted by atomic mass is 10.0. The Morgan fingerprint density at radius 2 is 1.95 bits per heavy atom. The maximum atomic E-state index is 11.8. The number of hydrogen-bond donors (Lipinski definition) is 1. The molecular formula is C18H34N2O2. The second-order valence-corrected chi connectivity index (χ2v) is 7.63. The number of likely N-dealkylation sites (tertiary alicyclic amines) is 1. The van der Waals surface area contributed by atoms with Crippen LogP contribution in [-0.2, 0) is 9.53 Å². The van der Waals surface area contributed by atoms with E-state index in [0.717, 1.165) is 13.0 Å². The Hall–Kier alpha value is -0.610. The van der Waals surface area contributed by atoms with Gasteiger partial charge >= 0.3 is 0 Å². The number of carbonyl (C=O) groups is 1. The predicted octanol–water partition coefficient (Wildman–Crippen LogP) is 2.82. The van der Waals surface area contributed by atoms with E-state index in [0.29, 0.717) is 24.1 Å². The zero-order chi connectivity index (χ0) is 16.1. The fourth-order valence-electron chi connectivity index (χ4n) is 3.76. The summed E-state index contributed by atoms with van der Waals surface area (Å²) in [6.07, 6.45) is 6.49. The molecule has 1 N–H and O–H groups in total. The Labute approximate surface area is 136 Å². The van der Waals surface area contributed by atoms with Gasteiger partial charge in [0, 0.05) is 31.2 Å². The summed E-state index contributed by atoms with van der Waals surface area (Å²) in [6.45, 7) is 11.4. The van der Waals surface area contributed by atoms with Crippen molar-refractivity contribution in [3.05, 3.63) is 0 Å². The molecule has 3 atom stereocenters. The normalized spacial score (nSPS) is 28.0. The van der Waals surface area contributed by atoms with Crippen LogP contribution in [0.5, 0.6) is 0 Å². The van der Waals surface area contributed by atoms with Gasteiger partial charge in [0.05, 0.1) is 6.10 Å². The van der Waals surface area contributed by atoms with Crippen LogP contribution >= 0.6 is 0 Å². The molecule has 2 fully saturated rings. The van der Waals surface area contributed by atoms with Crippen molar-refractivity contribution in [1.29, 1.82) is 0 Å². The van der Waals surface area contributed by atoms with Crippen molar-refractivity contribution in [2.24, 2.45) is 11.8 Å². The molecule has 1 heterocycles. The first-order valence-electron chi connectivity index (χ1n) is 9.13. The number of fused-ring (bicyclic) bond motifs is 2. The van der Waals surface area contributed by atoms with Gasteiger partial charge in [-0.15, -0.1) is 0 Å². The lowest BCUT2D eigenvalue weighted by molar-refractivity contribution is -0.125. The molecule has 1 aliphatic carbocycles. The van der Waals surface area contributed by atoms with Crippen LogP contribution in [0.1, 0.15) is 59.8 Å². The summed E-state index contributed by atoms with van der Waals surface area (Å²) in [5.74, 6) is 0.995. The van der Waals surface area contributed by atoms with Crippen molar-refractivity contribution in [1.82, 2.24) is 10.2 Å². The lowest BCUT2D eigenvalue weighted by Crippen LogP contribution is -2.47. The SMILES string of the molecule is CC(C)OCCCCCN1CC2CC1CC2NC(=O)C(C)C. The van der Waals surface area contributed by atoms with Gasteiger partial charge in [0.15, 0.2) is 0 Å². The van der Waals surface area contributed by atoms with Gasteiger partial charge in [-0.2, -0.15) is 0 Å². The van der Waals surface area contributed by atoms with Crippen LogP contribution in [0.2, 0.25) is 0 Å². The number of nitrogens with one attached hydrogen (secondary N) is 1. The largest absolute Gasteiger partial charge is 0.379 e. The third kappa shape index (κ3) is 4.95. The molecule has 2 rings (SSSR count). The van der Waals surface area contributed by atoms with Crippen molar-refractivity contribution in [3.63, 3.8) is 0 Å². The van der Waals surface area contributed by atoms with Crippen molar-refractivity contribution in [2.45, 2.75) is 78.0 Å². The summed E-state index contributed by atoms with van der Waals surface area (Å²) in [6, 6.07) is 1.13. The molecule has 2 bridgehead atoms. The number of unbranched alkanes of at least 4 members (excludes halogenated alkanes) is 2. The second-order valence-electron chi connectivity index (χ2n) is 7.63. The van der Waals surface area contributed by atoms with Crippen molar-refractivity contribution < 1.29 is 9.53 Å². The molecule has 128 valence electrons. The van der Waals surface area contributed by atoms with E-state index in [4.69, 9.17) is 4.74 Å². The van der Waals surface area contributed by atoms with Crippen LogP contribution in [-0.4, -0.2) is 48.7 Å². The van der Waals surface area contributed by atoms with E-state index in [1.165, 1.54) is 38.8 Å². The summed E-state index contributed by atoms with van der Waals surface area (Å²) < 4.78 is 5.58. The summed E-state index contributed by atoms with van der Waals surface area (Å²) in [7, 11) is 0. The number of hydrogen-bond acceptors (Lipinski definition) is 3. The molecule has 0 radical (unpaired) electrons. The Balaban J connectivity index is 1.59. The number of nitrogens with zero attached hydrogens (tertiary/aromatic N) is 1. The van der Waals surface area contributed by atoms with Crippen LogP contribution in [0.15, 0.2) is 0 Å². The number of amides is 1. The summed E-state index contributed by atoms with van der Waals surface area (Å²) in [5, 5.41) is 3.24. The molecule has 4 nitrogen and oxygen atoms in total. The first-order valence-corrected chi connectivity index (χ1v) is 9.13. The summed E-state index contributed by atoms with van der Waals surface area (Å²) >= 11 is 0. The monoisotopic (exact) mass is 310 g/mol. The van der Waals surface area contributed by atoms with Gasteiger partial charge in [-0.1, -0.05) is 13.8 Å². The van der Waals surface area contributed by atoms with Gasteiger partial charge in [0.25, 0.3) is 0 Å². The smallest absolute Gasteiger partial charge is 0.222 e. The minimum atomic E-state index is 0.100. The van der Waals surface area contributed by atoms with Crippen LogP contribution in [0.4, 0.5) is 0 Å². The average Bonchev–Trinajstić information content (AvgIpc) is 3.01. The number of piperidine rings is 1. The number of carbonyl (C=O) groups excluding carboxylic acids is 1. The highest BCUT2D eigenvalue weighted by atomic mass is 16.5. The van der Waals surface area contributed by atoms with Crippen molar-refractivity contribution >= 4 is 5.91 Å². The fourth-order valence-corrected chi connectivity index (χ4v) is 3.76. The van der Waals surface area contributed by atoms with E-state index in [1.807, 2.05) is 13.8 Å². The van der Waals surface area contributed by atoms with Crippen LogP contribution < -0.4 is 5.32 Å². The first kappa shape index (κ1) is 17.7. The molecule has 0 aromatic carbocycles. The van der Waals surface area contributed by atoms with E-state index >= 15 is 0 Å². The van der Waals surface area contributed by atoms with Crippen LogP contribution in [0.25, 0.3) is 0 Å². The Bertz CT molecular complexity index is 357. The summed E-state index contributed by atoms with van der Waals surface area (Å²) in [4.78, 5) is 14.5. The molecule has 4 heteroatoms. The fraction of sp³-hybridized carbons (Fsp3) is 0.944. The Morgan fingerprint density at radius 3 is 2.55 bits per heavy atom. The minimum absolute atomic E-state index is 0.100.